The molecule has 1 aromatic rings. The molecule has 1 amide bonds. The second-order valence-corrected chi connectivity index (χ2v) is 6.53. The summed E-state index contributed by atoms with van der Waals surface area (Å²) >= 11 is 0. The van der Waals surface area contributed by atoms with Crippen LogP contribution in [-0.4, -0.2) is 47.8 Å². The van der Waals surface area contributed by atoms with Gasteiger partial charge < -0.3 is 20.3 Å². The fraction of sp³-hybridized carbons (Fsp3) is 0.562. The van der Waals surface area contributed by atoms with Crippen molar-refractivity contribution in [1.29, 1.82) is 5.26 Å². The third kappa shape index (κ3) is 4.49. The van der Waals surface area contributed by atoms with Gasteiger partial charge in [-0.25, -0.2) is 9.78 Å². The summed E-state index contributed by atoms with van der Waals surface area (Å²) in [4.78, 5) is 20.2. The van der Waals surface area contributed by atoms with E-state index in [4.69, 9.17) is 15.7 Å². The summed E-state index contributed by atoms with van der Waals surface area (Å²) in [5.41, 5.74) is 5.82. The second-order valence-electron chi connectivity index (χ2n) is 6.53. The number of nitriles is 1. The van der Waals surface area contributed by atoms with Gasteiger partial charge in [0.2, 0.25) is 0 Å². The third-order valence-corrected chi connectivity index (χ3v) is 3.49. The van der Waals surface area contributed by atoms with Crippen LogP contribution in [0.25, 0.3) is 0 Å². The van der Waals surface area contributed by atoms with Crippen LogP contribution in [0.15, 0.2) is 12.1 Å². The lowest BCUT2D eigenvalue weighted by Gasteiger charge is -2.26. The zero-order valence-electron chi connectivity index (χ0n) is 13.9. The Balaban J connectivity index is 2.04. The predicted octanol–water partition coefficient (Wildman–Crippen LogP) is 1.98. The van der Waals surface area contributed by atoms with E-state index in [2.05, 4.69) is 9.88 Å². The molecule has 0 bridgehead atoms. The highest BCUT2D eigenvalue weighted by atomic mass is 16.6. The first kappa shape index (κ1) is 16.9. The minimum Gasteiger partial charge on any atom is -0.444 e. The molecule has 0 unspecified atom stereocenters. The Bertz CT molecular complexity index is 618. The number of nitrogen functional groups attached to an aromatic ring is 1. The molecule has 1 saturated heterocycles. The fourth-order valence-corrected chi connectivity index (χ4v) is 2.38. The minimum absolute atomic E-state index is 0.232. The van der Waals surface area contributed by atoms with Crippen LogP contribution in [0, 0.1) is 11.3 Å². The van der Waals surface area contributed by atoms with Gasteiger partial charge in [0.05, 0.1) is 5.69 Å². The summed E-state index contributed by atoms with van der Waals surface area (Å²) in [5.74, 6) is 0.710. The smallest absolute Gasteiger partial charge is 0.410 e. The summed E-state index contributed by atoms with van der Waals surface area (Å²) in [7, 11) is 0. The first-order valence-corrected chi connectivity index (χ1v) is 7.69. The Kier molecular flexibility index (Phi) is 4.94. The van der Waals surface area contributed by atoms with E-state index in [-0.39, 0.29) is 11.8 Å². The van der Waals surface area contributed by atoms with Crippen molar-refractivity contribution in [2.45, 2.75) is 32.8 Å². The van der Waals surface area contributed by atoms with Crippen LogP contribution >= 0.6 is 0 Å². The van der Waals surface area contributed by atoms with Gasteiger partial charge in [-0.1, -0.05) is 0 Å². The van der Waals surface area contributed by atoms with Gasteiger partial charge in [-0.2, -0.15) is 5.26 Å². The molecule has 1 aliphatic rings. The number of carbonyl (C=O) groups is 1. The molecule has 1 aromatic heterocycles. The average Bonchev–Trinajstić information content (AvgIpc) is 2.72. The van der Waals surface area contributed by atoms with E-state index < -0.39 is 5.60 Å². The molecule has 0 radical (unpaired) electrons. The lowest BCUT2D eigenvalue weighted by atomic mass is 10.2. The molecule has 2 N–H and O–H groups in total. The summed E-state index contributed by atoms with van der Waals surface area (Å²) in [6, 6.07) is 5.49. The average molecular weight is 317 g/mol. The topological polar surface area (TPSA) is 95.5 Å². The molecule has 0 spiro atoms. The molecule has 7 heteroatoms. The van der Waals surface area contributed by atoms with Crippen molar-refractivity contribution in [2.24, 2.45) is 0 Å². The number of nitrogens with zero attached hydrogens (tertiary/aromatic N) is 4. The standard InChI is InChI=1S/C16H23N5O2/c1-16(2,3)23-15(22)21-8-4-7-20(9-10-21)14-6-5-12(18)13(11-17)19-14/h5-6H,4,7-10,18H2,1-3H3. The van der Waals surface area contributed by atoms with E-state index in [1.807, 2.05) is 26.8 Å². The van der Waals surface area contributed by atoms with Crippen LogP contribution in [-0.2, 0) is 4.74 Å². The van der Waals surface area contributed by atoms with Crippen LogP contribution in [0.2, 0.25) is 0 Å². The monoisotopic (exact) mass is 317 g/mol. The number of nitrogens with two attached hydrogens (primary N) is 1. The lowest BCUT2D eigenvalue weighted by molar-refractivity contribution is 0.0263. The van der Waals surface area contributed by atoms with E-state index in [1.165, 1.54) is 0 Å². The largest absolute Gasteiger partial charge is 0.444 e. The number of aromatic nitrogens is 1. The number of anilines is 2. The number of ether oxygens (including phenoxy) is 1. The molecule has 0 aliphatic carbocycles. The first-order valence-electron chi connectivity index (χ1n) is 7.69. The maximum Gasteiger partial charge on any atom is 0.410 e. The van der Waals surface area contributed by atoms with Crippen molar-refractivity contribution < 1.29 is 9.53 Å². The molecule has 7 nitrogen and oxygen atoms in total. The highest BCUT2D eigenvalue weighted by Crippen LogP contribution is 2.19. The number of hydrogen-bond acceptors (Lipinski definition) is 6. The Morgan fingerprint density at radius 1 is 1.30 bits per heavy atom. The van der Waals surface area contributed by atoms with Crippen molar-refractivity contribution in [3.05, 3.63) is 17.8 Å². The number of carbonyl (C=O) groups excluding carboxylic acids is 1. The molecular weight excluding hydrogens is 294 g/mol. The first-order chi connectivity index (χ1) is 10.8. The summed E-state index contributed by atoms with van der Waals surface area (Å²) in [5, 5.41) is 9.04. The van der Waals surface area contributed by atoms with Crippen LogP contribution in [0.1, 0.15) is 32.9 Å². The molecule has 0 aromatic carbocycles. The van der Waals surface area contributed by atoms with Gasteiger partial charge in [0.1, 0.15) is 17.5 Å². The Hall–Kier alpha value is -2.49. The molecule has 1 fully saturated rings. The number of pyridine rings is 1. The zero-order chi connectivity index (χ0) is 17.0. The van der Waals surface area contributed by atoms with Gasteiger partial charge in [0.15, 0.2) is 5.69 Å². The van der Waals surface area contributed by atoms with Crippen molar-refractivity contribution >= 4 is 17.6 Å². The van der Waals surface area contributed by atoms with Crippen LogP contribution in [0.4, 0.5) is 16.3 Å². The molecule has 0 atom stereocenters. The Morgan fingerprint density at radius 3 is 2.70 bits per heavy atom. The molecule has 23 heavy (non-hydrogen) atoms. The quantitative estimate of drug-likeness (QED) is 0.851. The van der Waals surface area contributed by atoms with Gasteiger partial charge in [-0.05, 0) is 39.3 Å². The maximum absolute atomic E-state index is 12.2. The van der Waals surface area contributed by atoms with Crippen LogP contribution < -0.4 is 10.6 Å². The highest BCUT2D eigenvalue weighted by Gasteiger charge is 2.24. The molecule has 2 rings (SSSR count). The zero-order valence-corrected chi connectivity index (χ0v) is 13.9. The van der Waals surface area contributed by atoms with Crippen molar-refractivity contribution in [1.82, 2.24) is 9.88 Å². The van der Waals surface area contributed by atoms with Crippen LogP contribution in [0.5, 0.6) is 0 Å². The molecular formula is C16H23N5O2. The Labute approximate surface area is 136 Å². The number of amides is 1. The van der Waals surface area contributed by atoms with E-state index >= 15 is 0 Å². The number of rotatable bonds is 1. The van der Waals surface area contributed by atoms with Gasteiger partial charge in [-0.15, -0.1) is 0 Å². The van der Waals surface area contributed by atoms with Crippen LogP contribution in [0.3, 0.4) is 0 Å². The third-order valence-electron chi connectivity index (χ3n) is 3.49. The normalized spacial score (nSPS) is 15.7. The van der Waals surface area contributed by atoms with Gasteiger partial charge in [-0.3, -0.25) is 0 Å². The van der Waals surface area contributed by atoms with Crippen molar-refractivity contribution in [3.63, 3.8) is 0 Å². The van der Waals surface area contributed by atoms with Crippen molar-refractivity contribution in [2.75, 3.05) is 36.8 Å². The van der Waals surface area contributed by atoms with E-state index in [0.29, 0.717) is 31.1 Å². The minimum atomic E-state index is -0.497. The van der Waals surface area contributed by atoms with Gasteiger partial charge >= 0.3 is 6.09 Å². The van der Waals surface area contributed by atoms with E-state index in [0.717, 1.165) is 13.0 Å². The summed E-state index contributed by atoms with van der Waals surface area (Å²) in [6.07, 6.45) is 0.523. The molecule has 2 heterocycles. The van der Waals surface area contributed by atoms with Crippen molar-refractivity contribution in [3.8, 4) is 6.07 Å². The van der Waals surface area contributed by atoms with E-state index in [9.17, 15) is 4.79 Å². The molecule has 0 saturated carbocycles. The summed E-state index contributed by atoms with van der Waals surface area (Å²) < 4.78 is 5.42. The SMILES string of the molecule is CC(C)(C)OC(=O)N1CCCN(c2ccc(N)c(C#N)n2)CC1. The Morgan fingerprint density at radius 2 is 2.04 bits per heavy atom. The maximum atomic E-state index is 12.2. The predicted molar refractivity (Wildman–Crippen MR) is 88.0 cm³/mol. The summed E-state index contributed by atoms with van der Waals surface area (Å²) in [6.45, 7) is 8.18. The highest BCUT2D eigenvalue weighted by molar-refractivity contribution is 5.68. The second kappa shape index (κ2) is 6.73. The van der Waals surface area contributed by atoms with Gasteiger partial charge in [0.25, 0.3) is 0 Å². The fourth-order valence-electron chi connectivity index (χ4n) is 2.38. The molecule has 1 aliphatic heterocycles. The lowest BCUT2D eigenvalue weighted by Crippen LogP contribution is -2.39. The number of hydrogen-bond donors (Lipinski definition) is 1. The molecule has 124 valence electrons. The van der Waals surface area contributed by atoms with Gasteiger partial charge in [0, 0.05) is 26.2 Å². The van der Waals surface area contributed by atoms with E-state index in [1.54, 1.807) is 17.0 Å².